The van der Waals surface area contributed by atoms with E-state index >= 15 is 0 Å². The average molecular weight is 430 g/mol. The van der Waals surface area contributed by atoms with Crippen molar-refractivity contribution in [2.24, 2.45) is 11.7 Å². The third kappa shape index (κ3) is 7.04. The van der Waals surface area contributed by atoms with E-state index in [1.165, 1.54) is 43.2 Å². The predicted octanol–water partition coefficient (Wildman–Crippen LogP) is 3.20. The zero-order chi connectivity index (χ0) is 22.3. The number of benzene rings is 1. The average Bonchev–Trinajstić information content (AvgIpc) is 2.75. The fraction of sp³-hybridized carbons (Fsp3) is 0.708. The molecule has 1 saturated carbocycles. The molecule has 0 saturated heterocycles. The second-order valence-corrected chi connectivity index (χ2v) is 9.79. The van der Waals surface area contributed by atoms with Gasteiger partial charge in [-0.25, -0.2) is 0 Å². The number of hydrogen-bond donors (Lipinski definition) is 4. The van der Waals surface area contributed by atoms with Crippen LogP contribution in [0.1, 0.15) is 75.3 Å². The van der Waals surface area contributed by atoms with E-state index in [2.05, 4.69) is 29.2 Å². The molecule has 1 aromatic carbocycles. The molecule has 2 aliphatic rings. The summed E-state index contributed by atoms with van der Waals surface area (Å²) in [6, 6.07) is 8.94. The first kappa shape index (κ1) is 24.2. The van der Waals surface area contributed by atoms with E-state index in [-0.39, 0.29) is 6.32 Å². The lowest BCUT2D eigenvalue weighted by Crippen LogP contribution is -2.50. The van der Waals surface area contributed by atoms with Gasteiger partial charge in [0.2, 0.25) is 0 Å². The Morgan fingerprint density at radius 1 is 1.10 bits per heavy atom. The minimum absolute atomic E-state index is 0.254. The van der Waals surface area contributed by atoms with Crippen molar-refractivity contribution in [3.05, 3.63) is 35.4 Å². The molecule has 0 radical (unpaired) electrons. The van der Waals surface area contributed by atoms with Crippen molar-refractivity contribution in [2.45, 2.75) is 95.1 Å². The Hall–Kier alpha value is -1.41. The zero-order valence-electron chi connectivity index (χ0n) is 18.7. The minimum atomic E-state index is -1.34. The molecule has 0 bridgehead atoms. The molecule has 0 aromatic heterocycles. The summed E-state index contributed by atoms with van der Waals surface area (Å²) in [6.45, 7) is 2.04. The summed E-state index contributed by atoms with van der Waals surface area (Å²) < 4.78 is 0. The van der Waals surface area contributed by atoms with E-state index in [1.54, 1.807) is 0 Å². The molecule has 1 heterocycles. The first-order chi connectivity index (χ1) is 14.9. The van der Waals surface area contributed by atoms with Gasteiger partial charge in [0, 0.05) is 19.1 Å². The summed E-state index contributed by atoms with van der Waals surface area (Å²) in [5, 5.41) is 27.8. The summed E-state index contributed by atoms with van der Waals surface area (Å²) in [7, 11) is -1.34. The standard InChI is InChI=1S/C24H39BN2O4/c26-24(23(28)29,13-6-7-15-25(30)31)14-12-22-16-20-10-4-5-11-21(20)18-27(22)17-19-8-2-1-3-9-19/h4-5,10-11,19,22,30-31H,1-3,6-9,12-18,26H2,(H,28,29). The number of carboxylic acid groups (broad SMARTS) is 1. The Balaban J connectivity index is 1.64. The maximum Gasteiger partial charge on any atom is 0.451 e. The number of hydrogen-bond acceptors (Lipinski definition) is 5. The number of nitrogens with zero attached hydrogens (tertiary/aromatic N) is 1. The molecule has 1 aliphatic heterocycles. The van der Waals surface area contributed by atoms with Crippen LogP contribution in [0.4, 0.5) is 0 Å². The number of carboxylic acids is 1. The highest BCUT2D eigenvalue weighted by Gasteiger charge is 2.36. The molecule has 0 spiro atoms. The van der Waals surface area contributed by atoms with Crippen LogP contribution in [0.2, 0.25) is 6.32 Å². The number of unbranched alkanes of at least 4 members (excludes halogenated alkanes) is 1. The van der Waals surface area contributed by atoms with Gasteiger partial charge >= 0.3 is 13.1 Å². The van der Waals surface area contributed by atoms with E-state index in [1.807, 2.05) is 0 Å². The van der Waals surface area contributed by atoms with Crippen LogP contribution in [0.15, 0.2) is 24.3 Å². The first-order valence-corrected chi connectivity index (χ1v) is 12.1. The molecule has 1 fully saturated rings. The summed E-state index contributed by atoms with van der Waals surface area (Å²) in [4.78, 5) is 14.6. The second kappa shape index (κ2) is 11.5. The van der Waals surface area contributed by atoms with E-state index < -0.39 is 18.6 Å². The van der Waals surface area contributed by atoms with Gasteiger partial charge in [-0.1, -0.05) is 56.4 Å². The maximum absolute atomic E-state index is 12.0. The van der Waals surface area contributed by atoms with Crippen molar-refractivity contribution in [1.82, 2.24) is 4.90 Å². The normalized spacial score (nSPS) is 22.0. The molecule has 6 nitrogen and oxygen atoms in total. The highest BCUT2D eigenvalue weighted by Crippen LogP contribution is 2.32. The summed E-state index contributed by atoms with van der Waals surface area (Å²) in [5.41, 5.74) is 7.87. The monoisotopic (exact) mass is 430 g/mol. The van der Waals surface area contributed by atoms with Crippen molar-refractivity contribution in [3.63, 3.8) is 0 Å². The van der Waals surface area contributed by atoms with Crippen LogP contribution in [-0.4, -0.2) is 51.3 Å². The third-order valence-electron chi connectivity index (χ3n) is 7.37. The highest BCUT2D eigenvalue weighted by molar-refractivity contribution is 6.40. The highest BCUT2D eigenvalue weighted by atomic mass is 16.4. The molecule has 2 unspecified atom stereocenters. The number of nitrogens with two attached hydrogens (primary N) is 1. The van der Waals surface area contributed by atoms with E-state index in [0.717, 1.165) is 31.8 Å². The molecule has 1 aliphatic carbocycles. The van der Waals surface area contributed by atoms with Crippen LogP contribution >= 0.6 is 0 Å². The molecular weight excluding hydrogens is 391 g/mol. The summed E-state index contributed by atoms with van der Waals surface area (Å²) in [6.07, 6.45) is 10.5. The topological polar surface area (TPSA) is 107 Å². The van der Waals surface area contributed by atoms with Gasteiger partial charge in [-0.2, -0.15) is 0 Å². The molecule has 0 amide bonds. The second-order valence-electron chi connectivity index (χ2n) is 9.79. The van der Waals surface area contributed by atoms with Crippen LogP contribution in [-0.2, 0) is 17.8 Å². The van der Waals surface area contributed by atoms with Crippen LogP contribution in [0.25, 0.3) is 0 Å². The van der Waals surface area contributed by atoms with Gasteiger partial charge in [-0.3, -0.25) is 9.69 Å². The molecule has 1 aromatic rings. The Labute approximate surface area is 187 Å². The van der Waals surface area contributed by atoms with Gasteiger partial charge in [0.1, 0.15) is 5.54 Å². The summed E-state index contributed by atoms with van der Waals surface area (Å²) >= 11 is 0. The van der Waals surface area contributed by atoms with Gasteiger partial charge in [0.05, 0.1) is 0 Å². The van der Waals surface area contributed by atoms with E-state index in [0.29, 0.717) is 31.7 Å². The largest absolute Gasteiger partial charge is 0.480 e. The van der Waals surface area contributed by atoms with Gasteiger partial charge in [-0.05, 0) is 61.9 Å². The Bertz CT molecular complexity index is 711. The number of rotatable bonds is 11. The smallest absolute Gasteiger partial charge is 0.451 e. The van der Waals surface area contributed by atoms with Crippen molar-refractivity contribution in [1.29, 1.82) is 0 Å². The lowest BCUT2D eigenvalue weighted by Gasteiger charge is -2.41. The Morgan fingerprint density at radius 2 is 1.81 bits per heavy atom. The molecule has 5 N–H and O–H groups in total. The van der Waals surface area contributed by atoms with Crippen LogP contribution in [0.3, 0.4) is 0 Å². The number of aliphatic carboxylic acids is 1. The Kier molecular flexibility index (Phi) is 8.96. The van der Waals surface area contributed by atoms with Crippen molar-refractivity contribution < 1.29 is 19.9 Å². The lowest BCUT2D eigenvalue weighted by molar-refractivity contribution is -0.144. The van der Waals surface area contributed by atoms with E-state index in [4.69, 9.17) is 15.8 Å². The molecule has 2 atom stereocenters. The molecule has 172 valence electrons. The predicted molar refractivity (Wildman–Crippen MR) is 124 cm³/mol. The summed E-state index contributed by atoms with van der Waals surface area (Å²) in [5.74, 6) is -0.208. The van der Waals surface area contributed by atoms with Gasteiger partial charge in [-0.15, -0.1) is 0 Å². The van der Waals surface area contributed by atoms with Gasteiger partial charge in [0.25, 0.3) is 0 Å². The Morgan fingerprint density at radius 3 is 2.48 bits per heavy atom. The number of carbonyl (C=O) groups is 1. The minimum Gasteiger partial charge on any atom is -0.480 e. The van der Waals surface area contributed by atoms with Crippen LogP contribution < -0.4 is 5.73 Å². The maximum atomic E-state index is 12.0. The molecule has 31 heavy (non-hydrogen) atoms. The van der Waals surface area contributed by atoms with Crippen molar-refractivity contribution >= 4 is 13.1 Å². The molecule has 7 heteroatoms. The van der Waals surface area contributed by atoms with Gasteiger partial charge in [0.15, 0.2) is 0 Å². The first-order valence-electron chi connectivity index (χ1n) is 12.1. The van der Waals surface area contributed by atoms with E-state index in [9.17, 15) is 9.90 Å². The van der Waals surface area contributed by atoms with Crippen LogP contribution in [0, 0.1) is 5.92 Å². The van der Waals surface area contributed by atoms with Gasteiger partial charge < -0.3 is 20.9 Å². The SMILES string of the molecule is NC(CCCCB(O)O)(CCC1Cc2ccccc2CN1CC1CCCCC1)C(=O)O. The number of fused-ring (bicyclic) bond motifs is 1. The lowest BCUT2D eigenvalue weighted by atomic mass is 9.80. The fourth-order valence-corrected chi connectivity index (χ4v) is 5.37. The van der Waals surface area contributed by atoms with Crippen molar-refractivity contribution in [2.75, 3.05) is 6.54 Å². The zero-order valence-corrected chi connectivity index (χ0v) is 18.7. The molecule has 3 rings (SSSR count). The van der Waals surface area contributed by atoms with Crippen LogP contribution in [0.5, 0.6) is 0 Å². The molecular formula is C24H39BN2O4. The quantitative estimate of drug-likeness (QED) is 0.317. The fourth-order valence-electron chi connectivity index (χ4n) is 5.37. The third-order valence-corrected chi connectivity index (χ3v) is 7.37. The van der Waals surface area contributed by atoms with Crippen molar-refractivity contribution in [3.8, 4) is 0 Å².